The van der Waals surface area contributed by atoms with Gasteiger partial charge in [-0.1, -0.05) is 42.0 Å². The fraction of sp³-hybridized carbons (Fsp3) is 0.379. The molecule has 0 bridgehead atoms. The van der Waals surface area contributed by atoms with Gasteiger partial charge in [-0.15, -0.1) is 0 Å². The number of aromatic nitrogens is 1. The van der Waals surface area contributed by atoms with Gasteiger partial charge >= 0.3 is 0 Å². The van der Waals surface area contributed by atoms with E-state index in [0.717, 1.165) is 66.5 Å². The maximum absolute atomic E-state index is 13.1. The molecule has 0 saturated carbocycles. The molecule has 0 atom stereocenters. The Balaban J connectivity index is 1.42. The molecule has 1 N–H and O–H groups in total. The van der Waals surface area contributed by atoms with Gasteiger partial charge in [0.15, 0.2) is 11.5 Å². The summed E-state index contributed by atoms with van der Waals surface area (Å²) in [5.41, 5.74) is 5.96. The van der Waals surface area contributed by atoms with E-state index in [2.05, 4.69) is 35.3 Å². The SMILES string of the molecule is COc1cccc(CN2CCC(c3nc(C)ccc3C(=O)NCc3cccc(C)c3)CC2)c1OC. The van der Waals surface area contributed by atoms with Crippen molar-refractivity contribution in [2.45, 2.75) is 45.7 Å². The molecule has 4 rings (SSSR count). The van der Waals surface area contributed by atoms with Crippen LogP contribution >= 0.6 is 0 Å². The van der Waals surface area contributed by atoms with E-state index in [4.69, 9.17) is 14.5 Å². The number of nitrogens with zero attached hydrogens (tertiary/aromatic N) is 2. The summed E-state index contributed by atoms with van der Waals surface area (Å²) in [4.78, 5) is 20.4. The summed E-state index contributed by atoms with van der Waals surface area (Å²) < 4.78 is 11.1. The number of aryl methyl sites for hydroxylation is 2. The average molecular weight is 474 g/mol. The third kappa shape index (κ3) is 6.01. The monoisotopic (exact) mass is 473 g/mol. The number of para-hydroxylation sites is 1. The number of hydrogen-bond donors (Lipinski definition) is 1. The Hall–Kier alpha value is -3.38. The second-order valence-corrected chi connectivity index (χ2v) is 9.26. The lowest BCUT2D eigenvalue weighted by Gasteiger charge is -2.32. The highest BCUT2D eigenvalue weighted by molar-refractivity contribution is 5.95. The van der Waals surface area contributed by atoms with Gasteiger partial charge < -0.3 is 14.8 Å². The molecule has 0 radical (unpaired) electrons. The number of rotatable bonds is 8. The van der Waals surface area contributed by atoms with Crippen LogP contribution in [0.1, 0.15) is 57.2 Å². The van der Waals surface area contributed by atoms with E-state index < -0.39 is 0 Å². The van der Waals surface area contributed by atoms with Gasteiger partial charge in [-0.2, -0.15) is 0 Å². The van der Waals surface area contributed by atoms with E-state index in [1.54, 1.807) is 14.2 Å². The standard InChI is InChI=1S/C29H35N3O3/c1-20-7-5-8-22(17-20)18-30-29(33)25-12-11-21(2)31-27(25)23-13-15-32(16-14-23)19-24-9-6-10-26(34-3)28(24)35-4/h5-12,17,23H,13-16,18-19H2,1-4H3,(H,30,33). The van der Waals surface area contributed by atoms with E-state index in [-0.39, 0.29) is 11.8 Å². The minimum absolute atomic E-state index is 0.0578. The van der Waals surface area contributed by atoms with Gasteiger partial charge in [0, 0.05) is 30.3 Å². The fourth-order valence-corrected chi connectivity index (χ4v) is 4.86. The predicted molar refractivity (Wildman–Crippen MR) is 138 cm³/mol. The molecular weight excluding hydrogens is 438 g/mol. The first kappa shape index (κ1) is 24.7. The molecule has 1 aliphatic rings. The second kappa shape index (κ2) is 11.4. The van der Waals surface area contributed by atoms with Crippen LogP contribution in [-0.4, -0.2) is 43.1 Å². The summed E-state index contributed by atoms with van der Waals surface area (Å²) in [5.74, 6) is 1.76. The number of benzene rings is 2. The number of amides is 1. The number of nitrogens with one attached hydrogen (secondary N) is 1. The smallest absolute Gasteiger partial charge is 0.253 e. The molecule has 1 amide bonds. The Morgan fingerprint density at radius 2 is 1.80 bits per heavy atom. The number of ether oxygens (including phenoxy) is 2. The first-order chi connectivity index (χ1) is 17.0. The van der Waals surface area contributed by atoms with E-state index >= 15 is 0 Å². The van der Waals surface area contributed by atoms with Gasteiger partial charge in [-0.05, 0) is 63.5 Å². The highest BCUT2D eigenvalue weighted by Crippen LogP contribution is 2.34. The topological polar surface area (TPSA) is 63.7 Å². The molecule has 184 valence electrons. The summed E-state index contributed by atoms with van der Waals surface area (Å²) in [7, 11) is 3.35. The van der Waals surface area contributed by atoms with E-state index in [9.17, 15) is 4.79 Å². The second-order valence-electron chi connectivity index (χ2n) is 9.26. The number of hydrogen-bond acceptors (Lipinski definition) is 5. The zero-order valence-corrected chi connectivity index (χ0v) is 21.1. The number of carbonyl (C=O) groups is 1. The maximum atomic E-state index is 13.1. The fourth-order valence-electron chi connectivity index (χ4n) is 4.86. The van der Waals surface area contributed by atoms with Gasteiger partial charge in [-0.3, -0.25) is 14.7 Å². The number of likely N-dealkylation sites (tertiary alicyclic amines) is 1. The Morgan fingerprint density at radius 3 is 2.51 bits per heavy atom. The zero-order chi connectivity index (χ0) is 24.8. The largest absolute Gasteiger partial charge is 0.493 e. The molecule has 1 aliphatic heterocycles. The summed E-state index contributed by atoms with van der Waals surface area (Å²) in [6, 6.07) is 18.1. The maximum Gasteiger partial charge on any atom is 0.253 e. The van der Waals surface area contributed by atoms with Gasteiger partial charge in [0.25, 0.3) is 5.91 Å². The highest BCUT2D eigenvalue weighted by atomic mass is 16.5. The average Bonchev–Trinajstić information content (AvgIpc) is 2.87. The molecule has 6 nitrogen and oxygen atoms in total. The van der Waals surface area contributed by atoms with Crippen LogP contribution in [0.3, 0.4) is 0 Å². The van der Waals surface area contributed by atoms with Crippen LogP contribution in [0.15, 0.2) is 54.6 Å². The Labute approximate surface area is 208 Å². The number of piperidine rings is 1. The molecule has 6 heteroatoms. The van der Waals surface area contributed by atoms with Crippen molar-refractivity contribution in [2.75, 3.05) is 27.3 Å². The van der Waals surface area contributed by atoms with Crippen molar-refractivity contribution in [2.24, 2.45) is 0 Å². The Morgan fingerprint density at radius 1 is 1.03 bits per heavy atom. The first-order valence-electron chi connectivity index (χ1n) is 12.2. The molecule has 0 unspecified atom stereocenters. The quantitative estimate of drug-likeness (QED) is 0.497. The van der Waals surface area contributed by atoms with E-state index in [1.165, 1.54) is 5.56 Å². The van der Waals surface area contributed by atoms with Crippen molar-refractivity contribution in [1.29, 1.82) is 0 Å². The van der Waals surface area contributed by atoms with Crippen molar-refractivity contribution in [3.8, 4) is 11.5 Å². The van der Waals surface area contributed by atoms with Crippen LogP contribution in [-0.2, 0) is 13.1 Å². The molecule has 1 saturated heterocycles. The lowest BCUT2D eigenvalue weighted by atomic mass is 9.89. The predicted octanol–water partition coefficient (Wildman–Crippen LogP) is 5.03. The Kier molecular flexibility index (Phi) is 8.03. The Bertz CT molecular complexity index is 1170. The third-order valence-electron chi connectivity index (χ3n) is 6.70. The third-order valence-corrected chi connectivity index (χ3v) is 6.70. The van der Waals surface area contributed by atoms with Crippen molar-refractivity contribution in [3.05, 3.63) is 88.2 Å². The summed E-state index contributed by atoms with van der Waals surface area (Å²) in [6.45, 7) is 7.23. The summed E-state index contributed by atoms with van der Waals surface area (Å²) in [5, 5.41) is 3.09. The van der Waals surface area contributed by atoms with Crippen molar-refractivity contribution >= 4 is 5.91 Å². The van der Waals surface area contributed by atoms with E-state index in [1.807, 2.05) is 43.3 Å². The van der Waals surface area contributed by atoms with Crippen LogP contribution in [0.5, 0.6) is 11.5 Å². The molecule has 1 aromatic heterocycles. The van der Waals surface area contributed by atoms with Crippen LogP contribution in [0.2, 0.25) is 0 Å². The van der Waals surface area contributed by atoms with Crippen LogP contribution in [0, 0.1) is 13.8 Å². The first-order valence-corrected chi connectivity index (χ1v) is 12.2. The van der Waals surface area contributed by atoms with E-state index in [0.29, 0.717) is 12.1 Å². The normalized spacial score (nSPS) is 14.5. The van der Waals surface area contributed by atoms with Gasteiger partial charge in [-0.25, -0.2) is 0 Å². The van der Waals surface area contributed by atoms with Crippen LogP contribution in [0.4, 0.5) is 0 Å². The highest BCUT2D eigenvalue weighted by Gasteiger charge is 2.26. The lowest BCUT2D eigenvalue weighted by molar-refractivity contribution is 0.0948. The van der Waals surface area contributed by atoms with Crippen molar-refractivity contribution in [1.82, 2.24) is 15.2 Å². The summed E-state index contributed by atoms with van der Waals surface area (Å²) in [6.07, 6.45) is 1.92. The van der Waals surface area contributed by atoms with Gasteiger partial charge in [0.1, 0.15) is 0 Å². The molecule has 0 aliphatic carbocycles. The van der Waals surface area contributed by atoms with Gasteiger partial charge in [0.2, 0.25) is 0 Å². The molecule has 2 aromatic carbocycles. The van der Waals surface area contributed by atoms with Crippen molar-refractivity contribution in [3.63, 3.8) is 0 Å². The molecule has 2 heterocycles. The number of carbonyl (C=O) groups excluding carboxylic acids is 1. The van der Waals surface area contributed by atoms with Gasteiger partial charge in [0.05, 0.1) is 25.5 Å². The number of pyridine rings is 1. The minimum atomic E-state index is -0.0578. The number of methoxy groups -OCH3 is 2. The van der Waals surface area contributed by atoms with Crippen LogP contribution in [0.25, 0.3) is 0 Å². The molecule has 3 aromatic rings. The zero-order valence-electron chi connectivity index (χ0n) is 21.1. The molecular formula is C29H35N3O3. The molecule has 0 spiro atoms. The van der Waals surface area contributed by atoms with Crippen LogP contribution < -0.4 is 14.8 Å². The molecule has 35 heavy (non-hydrogen) atoms. The lowest BCUT2D eigenvalue weighted by Crippen LogP contribution is -2.34. The summed E-state index contributed by atoms with van der Waals surface area (Å²) >= 11 is 0. The molecule has 1 fully saturated rings. The van der Waals surface area contributed by atoms with Crippen molar-refractivity contribution < 1.29 is 14.3 Å². The minimum Gasteiger partial charge on any atom is -0.493 e.